The van der Waals surface area contributed by atoms with Crippen LogP contribution in [-0.4, -0.2) is 13.4 Å². The van der Waals surface area contributed by atoms with Crippen LogP contribution in [-0.2, 0) is 16.6 Å². The van der Waals surface area contributed by atoms with Gasteiger partial charge in [0.15, 0.2) is 0 Å². The normalized spacial score (nSPS) is 13.1. The topological polar surface area (TPSA) is 85.1 Å². The summed E-state index contributed by atoms with van der Waals surface area (Å²) in [5.41, 5.74) is 1.80. The first-order chi connectivity index (χ1) is 9.47. The maximum Gasteiger partial charge on any atom is 0.238 e. The lowest BCUT2D eigenvalue weighted by molar-refractivity contribution is 0.565. The van der Waals surface area contributed by atoms with Crippen molar-refractivity contribution in [1.29, 1.82) is 0 Å². The summed E-state index contributed by atoms with van der Waals surface area (Å²) in [6.07, 6.45) is 1.74. The van der Waals surface area contributed by atoms with E-state index in [4.69, 9.17) is 5.14 Å². The molecule has 1 heterocycles. The molecule has 1 aromatic heterocycles. The molecule has 0 fully saturated rings. The van der Waals surface area contributed by atoms with Crippen LogP contribution >= 0.6 is 0 Å². The van der Waals surface area contributed by atoms with Gasteiger partial charge in [0.25, 0.3) is 0 Å². The molecule has 0 aliphatic heterocycles. The van der Waals surface area contributed by atoms with E-state index in [0.717, 1.165) is 11.3 Å². The van der Waals surface area contributed by atoms with E-state index in [1.165, 1.54) is 6.07 Å². The molecule has 106 valence electrons. The molecule has 2 aromatic rings. The Hall–Kier alpha value is -1.76. The van der Waals surface area contributed by atoms with Crippen LogP contribution in [0.25, 0.3) is 0 Å². The maximum atomic E-state index is 11.3. The van der Waals surface area contributed by atoms with Gasteiger partial charge in [-0.25, -0.2) is 13.6 Å². The Labute approximate surface area is 118 Å². The van der Waals surface area contributed by atoms with Crippen LogP contribution in [0.1, 0.15) is 24.2 Å². The van der Waals surface area contributed by atoms with Crippen molar-refractivity contribution < 1.29 is 8.42 Å². The quantitative estimate of drug-likeness (QED) is 0.876. The van der Waals surface area contributed by atoms with E-state index in [9.17, 15) is 8.42 Å². The predicted octanol–water partition coefficient (Wildman–Crippen LogP) is 1.58. The summed E-state index contributed by atoms with van der Waals surface area (Å²) in [5, 5.41) is 8.43. The number of pyridine rings is 1. The SMILES string of the molecule is CC(NCc1ccccn1)c1cccc(S(N)(=O)=O)c1. The van der Waals surface area contributed by atoms with Crippen LogP contribution in [0, 0.1) is 0 Å². The summed E-state index contributed by atoms with van der Waals surface area (Å²) in [6, 6.07) is 12.4. The lowest BCUT2D eigenvalue weighted by atomic mass is 10.1. The first-order valence-electron chi connectivity index (χ1n) is 6.23. The molecule has 1 atom stereocenters. The molecule has 2 rings (SSSR count). The lowest BCUT2D eigenvalue weighted by Gasteiger charge is -2.14. The Morgan fingerprint density at radius 3 is 2.70 bits per heavy atom. The second kappa shape index (κ2) is 6.13. The zero-order chi connectivity index (χ0) is 14.6. The molecule has 0 spiro atoms. The van der Waals surface area contributed by atoms with Crippen molar-refractivity contribution in [3.63, 3.8) is 0 Å². The average Bonchev–Trinajstić information content (AvgIpc) is 2.45. The minimum atomic E-state index is -3.67. The van der Waals surface area contributed by atoms with Gasteiger partial charge in [0.2, 0.25) is 10.0 Å². The number of nitrogens with two attached hydrogens (primary N) is 1. The monoisotopic (exact) mass is 291 g/mol. The van der Waals surface area contributed by atoms with Crippen LogP contribution in [0.4, 0.5) is 0 Å². The molecule has 3 N–H and O–H groups in total. The van der Waals surface area contributed by atoms with E-state index in [0.29, 0.717) is 6.54 Å². The fourth-order valence-electron chi connectivity index (χ4n) is 1.84. The third-order valence-corrected chi connectivity index (χ3v) is 3.91. The van der Waals surface area contributed by atoms with Gasteiger partial charge in [0.1, 0.15) is 0 Å². The van der Waals surface area contributed by atoms with E-state index in [1.807, 2.05) is 31.2 Å². The molecule has 0 saturated heterocycles. The highest BCUT2D eigenvalue weighted by atomic mass is 32.2. The number of hydrogen-bond donors (Lipinski definition) is 2. The Balaban J connectivity index is 2.08. The number of primary sulfonamides is 1. The molecular weight excluding hydrogens is 274 g/mol. The first kappa shape index (κ1) is 14.6. The highest BCUT2D eigenvalue weighted by Gasteiger charge is 2.11. The minimum absolute atomic E-state index is 0.00120. The highest BCUT2D eigenvalue weighted by molar-refractivity contribution is 7.89. The van der Waals surface area contributed by atoms with E-state index >= 15 is 0 Å². The van der Waals surface area contributed by atoms with Gasteiger partial charge in [-0.15, -0.1) is 0 Å². The maximum absolute atomic E-state index is 11.3. The van der Waals surface area contributed by atoms with E-state index in [-0.39, 0.29) is 10.9 Å². The van der Waals surface area contributed by atoms with E-state index in [1.54, 1.807) is 18.3 Å². The van der Waals surface area contributed by atoms with Crippen molar-refractivity contribution in [2.24, 2.45) is 5.14 Å². The fraction of sp³-hybridized carbons (Fsp3) is 0.214. The number of nitrogens with zero attached hydrogens (tertiary/aromatic N) is 1. The summed E-state index contributed by atoms with van der Waals surface area (Å²) in [7, 11) is -3.67. The Morgan fingerprint density at radius 2 is 2.05 bits per heavy atom. The van der Waals surface area contributed by atoms with Crippen LogP contribution in [0.3, 0.4) is 0 Å². The van der Waals surface area contributed by atoms with Crippen LogP contribution in [0.5, 0.6) is 0 Å². The molecule has 0 aliphatic rings. The molecule has 0 bridgehead atoms. The van der Waals surface area contributed by atoms with Gasteiger partial charge >= 0.3 is 0 Å². The second-order valence-electron chi connectivity index (χ2n) is 4.54. The molecule has 20 heavy (non-hydrogen) atoms. The molecule has 1 aromatic carbocycles. The summed E-state index contributed by atoms with van der Waals surface area (Å²) in [4.78, 5) is 4.35. The summed E-state index contributed by atoms with van der Waals surface area (Å²) in [5.74, 6) is 0. The molecule has 0 saturated carbocycles. The average molecular weight is 291 g/mol. The number of hydrogen-bond acceptors (Lipinski definition) is 4. The molecule has 0 amide bonds. The number of benzene rings is 1. The van der Waals surface area contributed by atoms with Gasteiger partial charge in [-0.05, 0) is 36.8 Å². The largest absolute Gasteiger partial charge is 0.305 e. The molecule has 6 heteroatoms. The summed E-state index contributed by atoms with van der Waals surface area (Å²) < 4.78 is 22.7. The molecule has 1 unspecified atom stereocenters. The van der Waals surface area contributed by atoms with Gasteiger partial charge in [-0.1, -0.05) is 18.2 Å². The van der Waals surface area contributed by atoms with E-state index in [2.05, 4.69) is 10.3 Å². The minimum Gasteiger partial charge on any atom is -0.305 e. The zero-order valence-electron chi connectivity index (χ0n) is 11.2. The summed E-state index contributed by atoms with van der Waals surface area (Å²) in [6.45, 7) is 2.58. The van der Waals surface area contributed by atoms with Crippen molar-refractivity contribution in [1.82, 2.24) is 10.3 Å². The standard InChI is InChI=1S/C14H17N3O2S/c1-11(17-10-13-6-2-3-8-16-13)12-5-4-7-14(9-12)20(15,18)19/h2-9,11,17H,10H2,1H3,(H2,15,18,19). The number of sulfonamides is 1. The van der Waals surface area contributed by atoms with Gasteiger partial charge in [0, 0.05) is 18.8 Å². The van der Waals surface area contributed by atoms with Crippen molar-refractivity contribution in [2.75, 3.05) is 0 Å². The first-order valence-corrected chi connectivity index (χ1v) is 7.77. The van der Waals surface area contributed by atoms with Crippen molar-refractivity contribution in [3.05, 3.63) is 59.9 Å². The molecular formula is C14H17N3O2S. The molecule has 5 nitrogen and oxygen atoms in total. The van der Waals surface area contributed by atoms with Crippen molar-refractivity contribution in [2.45, 2.75) is 24.4 Å². The van der Waals surface area contributed by atoms with E-state index < -0.39 is 10.0 Å². The molecule has 0 radical (unpaired) electrons. The highest BCUT2D eigenvalue weighted by Crippen LogP contribution is 2.16. The number of rotatable bonds is 5. The van der Waals surface area contributed by atoms with Crippen LogP contribution in [0.15, 0.2) is 53.6 Å². The van der Waals surface area contributed by atoms with Gasteiger partial charge in [0.05, 0.1) is 10.6 Å². The third-order valence-electron chi connectivity index (χ3n) is 3.00. The van der Waals surface area contributed by atoms with Crippen molar-refractivity contribution in [3.8, 4) is 0 Å². The van der Waals surface area contributed by atoms with Crippen molar-refractivity contribution >= 4 is 10.0 Å². The third kappa shape index (κ3) is 3.86. The lowest BCUT2D eigenvalue weighted by Crippen LogP contribution is -2.19. The van der Waals surface area contributed by atoms with Gasteiger partial charge in [-0.3, -0.25) is 4.98 Å². The van der Waals surface area contributed by atoms with Crippen LogP contribution < -0.4 is 10.5 Å². The van der Waals surface area contributed by atoms with Gasteiger partial charge < -0.3 is 5.32 Å². The number of aromatic nitrogens is 1. The fourth-order valence-corrected chi connectivity index (χ4v) is 2.41. The Bertz CT molecular complexity index is 672. The Morgan fingerprint density at radius 1 is 1.25 bits per heavy atom. The number of nitrogens with one attached hydrogen (secondary N) is 1. The summed E-state index contributed by atoms with van der Waals surface area (Å²) >= 11 is 0. The van der Waals surface area contributed by atoms with Crippen LogP contribution in [0.2, 0.25) is 0 Å². The predicted molar refractivity (Wildman–Crippen MR) is 77.3 cm³/mol. The second-order valence-corrected chi connectivity index (χ2v) is 6.10. The smallest absolute Gasteiger partial charge is 0.238 e. The molecule has 0 aliphatic carbocycles. The zero-order valence-corrected chi connectivity index (χ0v) is 12.0. The van der Waals surface area contributed by atoms with Gasteiger partial charge in [-0.2, -0.15) is 0 Å². The Kier molecular flexibility index (Phi) is 4.49.